The summed E-state index contributed by atoms with van der Waals surface area (Å²) in [5, 5.41) is 32.8. The fourth-order valence-electron chi connectivity index (χ4n) is 8.94. The Hall–Kier alpha value is -2.64. The van der Waals surface area contributed by atoms with Crippen LogP contribution in [0.2, 0.25) is 0 Å². The molecule has 2 aliphatic heterocycles. The van der Waals surface area contributed by atoms with E-state index in [4.69, 9.17) is 19.1 Å². The number of nitriles is 2. The molecule has 2 aliphatic rings. The molecule has 0 N–H and O–H groups in total. The van der Waals surface area contributed by atoms with E-state index in [0.717, 1.165) is 25.7 Å². The van der Waals surface area contributed by atoms with Crippen LogP contribution in [0, 0.1) is 22.7 Å². The summed E-state index contributed by atoms with van der Waals surface area (Å²) >= 11 is 0. The van der Waals surface area contributed by atoms with E-state index < -0.39 is 23.0 Å². The van der Waals surface area contributed by atoms with Crippen LogP contribution in [0.4, 0.5) is 0 Å². The van der Waals surface area contributed by atoms with Gasteiger partial charge in [0.1, 0.15) is 12.2 Å². The minimum atomic E-state index is -1.35. The van der Waals surface area contributed by atoms with Crippen molar-refractivity contribution in [1.29, 1.82) is 10.5 Å². The summed E-state index contributed by atoms with van der Waals surface area (Å²) in [6.07, 6.45) is 16.4. The molecule has 0 saturated carbocycles. The normalized spacial score (nSPS) is 21.8. The Bertz CT molecular complexity index is 1250. The highest BCUT2D eigenvalue weighted by molar-refractivity contribution is 5.70. The van der Waals surface area contributed by atoms with E-state index in [0.29, 0.717) is 38.9 Å². The first-order chi connectivity index (χ1) is 27.1. The Morgan fingerprint density at radius 3 is 1.16 bits per heavy atom. The number of hydrogen-bond acceptors (Lipinski definition) is 12. The number of unbranched alkanes of at least 4 members (excludes halogenated alkanes) is 10. The van der Waals surface area contributed by atoms with Gasteiger partial charge in [-0.3, -0.25) is 19.3 Å². The molecule has 0 aromatic heterocycles. The highest BCUT2D eigenvalue weighted by atomic mass is 16.7. The van der Waals surface area contributed by atoms with Gasteiger partial charge in [0.15, 0.2) is 11.1 Å². The van der Waals surface area contributed by atoms with Crippen molar-refractivity contribution in [2.45, 2.75) is 257 Å². The van der Waals surface area contributed by atoms with Crippen LogP contribution in [-0.4, -0.2) is 80.7 Å². The van der Waals surface area contributed by atoms with Crippen LogP contribution < -0.4 is 0 Å². The number of esters is 2. The van der Waals surface area contributed by atoms with Gasteiger partial charge in [0.05, 0.1) is 25.4 Å². The smallest absolute Gasteiger partial charge is 0.306 e. The van der Waals surface area contributed by atoms with Crippen molar-refractivity contribution in [2.75, 3.05) is 13.2 Å². The summed E-state index contributed by atoms with van der Waals surface area (Å²) in [5.41, 5.74) is -4.08. The number of piperidine rings is 2. The maximum atomic E-state index is 13.1. The Kier molecular flexibility index (Phi) is 20.8. The third-order valence-corrected chi connectivity index (χ3v) is 11.7. The van der Waals surface area contributed by atoms with Crippen LogP contribution in [0.25, 0.3) is 0 Å². The van der Waals surface area contributed by atoms with Gasteiger partial charge in [-0.15, -0.1) is 0 Å². The molecule has 0 amide bonds. The highest BCUT2D eigenvalue weighted by Gasteiger charge is 2.49. The van der Waals surface area contributed by atoms with E-state index >= 15 is 0 Å². The molecule has 12 nitrogen and oxygen atoms in total. The topological polar surface area (TPSA) is 150 Å². The van der Waals surface area contributed by atoms with Crippen LogP contribution in [0.5, 0.6) is 0 Å². The lowest BCUT2D eigenvalue weighted by Crippen LogP contribution is -2.62. The largest absolute Gasteiger partial charge is 0.462 e. The van der Waals surface area contributed by atoms with Gasteiger partial charge in [-0.05, 0) is 94.9 Å². The van der Waals surface area contributed by atoms with E-state index in [9.17, 15) is 20.1 Å². The molecule has 0 bridgehead atoms. The number of carbonyl (C=O) groups excluding carboxylic acids is 2. The van der Waals surface area contributed by atoms with Gasteiger partial charge in [0.25, 0.3) is 0 Å². The fourth-order valence-corrected chi connectivity index (χ4v) is 8.94. The summed E-state index contributed by atoms with van der Waals surface area (Å²) < 4.78 is 12.0. The molecular weight excluding hydrogens is 733 g/mol. The number of azo groups is 1. The predicted octanol–water partition coefficient (Wildman–Crippen LogP) is 11.3. The van der Waals surface area contributed by atoms with Crippen LogP contribution >= 0.6 is 0 Å². The number of rotatable bonds is 26. The van der Waals surface area contributed by atoms with Crippen molar-refractivity contribution in [3.05, 3.63) is 0 Å². The summed E-state index contributed by atoms with van der Waals surface area (Å²) in [7, 11) is 0. The summed E-state index contributed by atoms with van der Waals surface area (Å²) in [4.78, 5) is 38.9. The minimum Gasteiger partial charge on any atom is -0.462 e. The van der Waals surface area contributed by atoms with Gasteiger partial charge < -0.3 is 9.47 Å². The zero-order valence-electron chi connectivity index (χ0n) is 38.8. The SMILES string of the molecule is CCCCCCCCON1C(C)(C)CC(OC(=O)CCC(C)(C#N)/N=N/C(C)(C#N)CCC(=O)OC2CC(C)(C)N(OCCCCCCCC)C(C)(C)C2)CC1(C)C. The van der Waals surface area contributed by atoms with Gasteiger partial charge in [0.2, 0.25) is 0 Å². The zero-order chi connectivity index (χ0) is 43.7. The van der Waals surface area contributed by atoms with Crippen LogP contribution in [0.1, 0.15) is 212 Å². The third-order valence-electron chi connectivity index (χ3n) is 11.7. The molecule has 2 atom stereocenters. The molecule has 2 rings (SSSR count). The molecule has 0 aromatic rings. The Morgan fingerprint density at radius 2 is 0.862 bits per heavy atom. The van der Waals surface area contributed by atoms with Crippen LogP contribution in [0.3, 0.4) is 0 Å². The van der Waals surface area contributed by atoms with Gasteiger partial charge in [-0.25, -0.2) is 0 Å². The van der Waals surface area contributed by atoms with Crippen molar-refractivity contribution in [3.8, 4) is 12.1 Å². The Labute approximate surface area is 353 Å². The second-order valence-electron chi connectivity index (χ2n) is 20.1. The Morgan fingerprint density at radius 1 is 0.569 bits per heavy atom. The maximum Gasteiger partial charge on any atom is 0.306 e. The Balaban J connectivity index is 1.88. The van der Waals surface area contributed by atoms with Crippen LogP contribution in [-0.2, 0) is 28.7 Å². The van der Waals surface area contributed by atoms with Crippen molar-refractivity contribution >= 4 is 11.9 Å². The number of hydrogen-bond donors (Lipinski definition) is 0. The summed E-state index contributed by atoms with van der Waals surface area (Å²) in [6.45, 7) is 25.9. The molecular formula is C46H82N6O6. The standard InChI is InChI=1S/C46H82N6O6/c1-13-15-17-19-21-23-29-55-51-41(3,4)31-37(32-42(51,5)6)57-39(53)25-27-45(11,35-47)49-50-46(12,36-48)28-26-40(54)58-38-33-43(7,8)52(44(9,10)34-38)56-30-24-22-20-18-16-14-2/h37-38H,13-34H2,1-12H3/b50-49+. The monoisotopic (exact) mass is 815 g/mol. The zero-order valence-corrected chi connectivity index (χ0v) is 38.8. The van der Waals surface area contributed by atoms with Crippen LogP contribution in [0.15, 0.2) is 10.2 Å². The lowest BCUT2D eigenvalue weighted by Gasteiger charge is -2.53. The second kappa shape index (κ2) is 23.4. The molecule has 2 saturated heterocycles. The number of nitrogens with zero attached hydrogens (tertiary/aromatic N) is 6. The first kappa shape index (κ1) is 51.5. The molecule has 2 heterocycles. The second-order valence-corrected chi connectivity index (χ2v) is 20.1. The van der Waals surface area contributed by atoms with Gasteiger partial charge in [-0.1, -0.05) is 78.1 Å². The van der Waals surface area contributed by atoms with Gasteiger partial charge in [0, 0.05) is 60.7 Å². The molecule has 0 aromatic carbocycles. The average molecular weight is 815 g/mol. The van der Waals surface area contributed by atoms with E-state index in [1.807, 2.05) is 0 Å². The molecule has 0 aliphatic carbocycles. The number of ether oxygens (including phenoxy) is 2. The van der Waals surface area contributed by atoms with E-state index in [2.05, 4.69) is 102 Å². The maximum absolute atomic E-state index is 13.1. The summed E-state index contributed by atoms with van der Waals surface area (Å²) in [5.74, 6) is -0.802. The molecule has 2 unspecified atom stereocenters. The van der Waals surface area contributed by atoms with Crippen molar-refractivity contribution < 1.29 is 28.7 Å². The highest BCUT2D eigenvalue weighted by Crippen LogP contribution is 2.41. The first-order valence-corrected chi connectivity index (χ1v) is 22.6. The fraction of sp³-hybridized carbons (Fsp3) is 0.913. The van der Waals surface area contributed by atoms with E-state index in [1.54, 1.807) is 13.8 Å². The lowest BCUT2D eigenvalue weighted by molar-refractivity contribution is -0.293. The molecule has 2 fully saturated rings. The van der Waals surface area contributed by atoms with Gasteiger partial charge in [-0.2, -0.15) is 30.9 Å². The van der Waals surface area contributed by atoms with Gasteiger partial charge >= 0.3 is 11.9 Å². The molecule has 0 radical (unpaired) electrons. The van der Waals surface area contributed by atoms with Crippen molar-refractivity contribution in [1.82, 2.24) is 10.1 Å². The molecule has 58 heavy (non-hydrogen) atoms. The molecule has 332 valence electrons. The first-order valence-electron chi connectivity index (χ1n) is 22.6. The number of hydroxylamine groups is 4. The molecule has 12 heteroatoms. The number of carbonyl (C=O) groups is 2. The summed E-state index contributed by atoms with van der Waals surface area (Å²) in [6, 6.07) is 4.32. The van der Waals surface area contributed by atoms with Crippen molar-refractivity contribution in [3.63, 3.8) is 0 Å². The van der Waals surface area contributed by atoms with E-state index in [-0.39, 0.29) is 60.0 Å². The predicted molar refractivity (Wildman–Crippen MR) is 228 cm³/mol. The lowest BCUT2D eigenvalue weighted by atomic mass is 9.80. The van der Waals surface area contributed by atoms with Crippen molar-refractivity contribution in [2.24, 2.45) is 10.2 Å². The minimum absolute atomic E-state index is 0.0239. The average Bonchev–Trinajstić information content (AvgIpc) is 3.12. The molecule has 0 spiro atoms. The van der Waals surface area contributed by atoms with E-state index in [1.165, 1.54) is 51.4 Å². The third kappa shape index (κ3) is 17.1. The quantitative estimate of drug-likeness (QED) is 0.0469.